The van der Waals surface area contributed by atoms with Crippen molar-refractivity contribution in [1.82, 2.24) is 4.90 Å². The van der Waals surface area contributed by atoms with E-state index in [1.54, 1.807) is 4.90 Å². The molecule has 0 unspecified atom stereocenters. The SMILES string of the molecule is O=C(c1ccc(F)c(F)c1F)N1CCN(c2ccc(F)cc2F)CC1. The van der Waals surface area contributed by atoms with Gasteiger partial charge in [-0.1, -0.05) is 0 Å². The van der Waals surface area contributed by atoms with Crippen LogP contribution >= 0.6 is 0 Å². The van der Waals surface area contributed by atoms with Crippen LogP contribution in [-0.4, -0.2) is 37.0 Å². The maximum atomic E-state index is 13.8. The van der Waals surface area contributed by atoms with Crippen molar-refractivity contribution in [3.8, 4) is 0 Å². The Morgan fingerprint density at radius 1 is 0.800 bits per heavy atom. The lowest BCUT2D eigenvalue weighted by Gasteiger charge is -2.36. The number of nitrogens with zero attached hydrogens (tertiary/aromatic N) is 2. The van der Waals surface area contributed by atoms with Crippen LogP contribution in [0.4, 0.5) is 27.6 Å². The summed E-state index contributed by atoms with van der Waals surface area (Å²) in [5, 5.41) is 0. The lowest BCUT2D eigenvalue weighted by molar-refractivity contribution is 0.0740. The summed E-state index contributed by atoms with van der Waals surface area (Å²) in [6.07, 6.45) is 0. The first kappa shape index (κ1) is 17.2. The highest BCUT2D eigenvalue weighted by molar-refractivity contribution is 5.94. The Morgan fingerprint density at radius 2 is 1.48 bits per heavy atom. The number of hydrogen-bond donors (Lipinski definition) is 0. The van der Waals surface area contributed by atoms with Gasteiger partial charge in [-0.25, -0.2) is 22.0 Å². The van der Waals surface area contributed by atoms with Crippen molar-refractivity contribution in [2.24, 2.45) is 0 Å². The smallest absolute Gasteiger partial charge is 0.257 e. The summed E-state index contributed by atoms with van der Waals surface area (Å²) in [5.41, 5.74) is -0.354. The van der Waals surface area contributed by atoms with Gasteiger partial charge in [-0.3, -0.25) is 4.79 Å². The second kappa shape index (κ2) is 6.70. The molecule has 0 aliphatic carbocycles. The number of rotatable bonds is 2. The summed E-state index contributed by atoms with van der Waals surface area (Å²) in [4.78, 5) is 15.2. The molecule has 8 heteroatoms. The summed E-state index contributed by atoms with van der Waals surface area (Å²) >= 11 is 0. The van der Waals surface area contributed by atoms with Crippen molar-refractivity contribution in [2.45, 2.75) is 0 Å². The molecule has 0 saturated carbocycles. The fraction of sp³-hybridized carbons (Fsp3) is 0.235. The molecular formula is C17H13F5N2O. The molecule has 132 valence electrons. The molecule has 1 fully saturated rings. The zero-order valence-corrected chi connectivity index (χ0v) is 12.9. The minimum atomic E-state index is -1.70. The first-order valence-electron chi connectivity index (χ1n) is 7.51. The third kappa shape index (κ3) is 3.29. The molecule has 1 heterocycles. The Morgan fingerprint density at radius 3 is 2.12 bits per heavy atom. The Kier molecular flexibility index (Phi) is 4.61. The first-order chi connectivity index (χ1) is 11.9. The number of anilines is 1. The van der Waals surface area contributed by atoms with Crippen LogP contribution in [0.2, 0.25) is 0 Å². The van der Waals surface area contributed by atoms with Crippen molar-refractivity contribution in [3.63, 3.8) is 0 Å². The standard InChI is InChI=1S/C17H13F5N2O/c18-10-1-4-14(13(20)9-10)23-5-7-24(8-6-23)17(25)11-2-3-12(19)16(22)15(11)21/h1-4,9H,5-8H2. The molecule has 0 N–H and O–H groups in total. The van der Waals surface area contributed by atoms with Gasteiger partial charge in [-0.05, 0) is 24.3 Å². The molecule has 1 aliphatic rings. The molecule has 0 aromatic heterocycles. The zero-order chi connectivity index (χ0) is 18.1. The van der Waals surface area contributed by atoms with Crippen LogP contribution < -0.4 is 4.90 Å². The van der Waals surface area contributed by atoms with E-state index in [2.05, 4.69) is 0 Å². The van der Waals surface area contributed by atoms with Crippen molar-refractivity contribution in [2.75, 3.05) is 31.1 Å². The third-order valence-corrected chi connectivity index (χ3v) is 4.08. The molecule has 3 nitrogen and oxygen atoms in total. The van der Waals surface area contributed by atoms with E-state index in [1.807, 2.05) is 0 Å². The first-order valence-corrected chi connectivity index (χ1v) is 7.51. The Labute approximate surface area is 140 Å². The molecule has 0 atom stereocenters. The van der Waals surface area contributed by atoms with Gasteiger partial charge in [0.05, 0.1) is 11.3 Å². The summed E-state index contributed by atoms with van der Waals surface area (Å²) in [5.74, 6) is -6.77. The van der Waals surface area contributed by atoms with E-state index >= 15 is 0 Å². The predicted octanol–water partition coefficient (Wildman–Crippen LogP) is 3.34. The second-order valence-corrected chi connectivity index (χ2v) is 5.60. The molecule has 2 aromatic rings. The summed E-state index contributed by atoms with van der Waals surface area (Å²) in [7, 11) is 0. The monoisotopic (exact) mass is 356 g/mol. The highest BCUT2D eigenvalue weighted by atomic mass is 19.2. The van der Waals surface area contributed by atoms with Crippen molar-refractivity contribution in [3.05, 3.63) is 65.0 Å². The van der Waals surface area contributed by atoms with E-state index in [0.29, 0.717) is 6.07 Å². The number of hydrogen-bond acceptors (Lipinski definition) is 2. The summed E-state index contributed by atoms with van der Waals surface area (Å²) < 4.78 is 66.7. The molecule has 3 rings (SSSR count). The number of carbonyl (C=O) groups excluding carboxylic acids is 1. The Balaban J connectivity index is 1.72. The van der Waals surface area contributed by atoms with Crippen LogP contribution in [0.15, 0.2) is 30.3 Å². The van der Waals surface area contributed by atoms with Gasteiger partial charge in [-0.2, -0.15) is 0 Å². The van der Waals surface area contributed by atoms with E-state index in [-0.39, 0.29) is 31.9 Å². The molecule has 2 aromatic carbocycles. The highest BCUT2D eigenvalue weighted by Crippen LogP contribution is 2.23. The van der Waals surface area contributed by atoms with Crippen LogP contribution in [0.1, 0.15) is 10.4 Å². The van der Waals surface area contributed by atoms with Gasteiger partial charge in [0.1, 0.15) is 11.6 Å². The molecular weight excluding hydrogens is 343 g/mol. The fourth-order valence-corrected chi connectivity index (χ4v) is 2.75. The predicted molar refractivity (Wildman–Crippen MR) is 80.8 cm³/mol. The summed E-state index contributed by atoms with van der Waals surface area (Å²) in [6.45, 7) is 0.737. The lowest BCUT2D eigenvalue weighted by atomic mass is 10.1. The minimum Gasteiger partial charge on any atom is -0.366 e. The average molecular weight is 356 g/mol. The topological polar surface area (TPSA) is 23.6 Å². The molecule has 1 aliphatic heterocycles. The average Bonchev–Trinajstić information content (AvgIpc) is 2.60. The van der Waals surface area contributed by atoms with Crippen LogP contribution in [-0.2, 0) is 0 Å². The zero-order valence-electron chi connectivity index (χ0n) is 12.9. The van der Waals surface area contributed by atoms with E-state index in [4.69, 9.17) is 0 Å². The Hall–Kier alpha value is -2.64. The molecule has 0 spiro atoms. The van der Waals surface area contributed by atoms with Gasteiger partial charge < -0.3 is 9.80 Å². The number of halogens is 5. The van der Waals surface area contributed by atoms with Gasteiger partial charge in [0.15, 0.2) is 17.5 Å². The van der Waals surface area contributed by atoms with Gasteiger partial charge >= 0.3 is 0 Å². The Bertz CT molecular complexity index is 819. The van der Waals surface area contributed by atoms with E-state index in [1.165, 1.54) is 11.0 Å². The van der Waals surface area contributed by atoms with Gasteiger partial charge in [-0.15, -0.1) is 0 Å². The summed E-state index contributed by atoms with van der Waals surface area (Å²) in [6, 6.07) is 4.78. The quantitative estimate of drug-likeness (QED) is 0.609. The maximum absolute atomic E-state index is 13.8. The van der Waals surface area contributed by atoms with Crippen molar-refractivity contribution >= 4 is 11.6 Å². The molecule has 1 amide bonds. The van der Waals surface area contributed by atoms with Gasteiger partial charge in [0.25, 0.3) is 5.91 Å². The van der Waals surface area contributed by atoms with Crippen LogP contribution in [0.25, 0.3) is 0 Å². The lowest BCUT2D eigenvalue weighted by Crippen LogP contribution is -2.49. The number of amides is 1. The number of benzene rings is 2. The number of piperazine rings is 1. The number of carbonyl (C=O) groups is 1. The van der Waals surface area contributed by atoms with Gasteiger partial charge in [0, 0.05) is 32.2 Å². The fourth-order valence-electron chi connectivity index (χ4n) is 2.75. The maximum Gasteiger partial charge on any atom is 0.257 e. The molecule has 25 heavy (non-hydrogen) atoms. The van der Waals surface area contributed by atoms with E-state index in [9.17, 15) is 26.7 Å². The minimum absolute atomic E-state index is 0.133. The van der Waals surface area contributed by atoms with Crippen LogP contribution in [0.5, 0.6) is 0 Å². The van der Waals surface area contributed by atoms with Crippen molar-refractivity contribution < 1.29 is 26.7 Å². The molecule has 0 bridgehead atoms. The van der Waals surface area contributed by atoms with Crippen LogP contribution in [0.3, 0.4) is 0 Å². The van der Waals surface area contributed by atoms with Gasteiger partial charge in [0.2, 0.25) is 0 Å². The molecule has 0 radical (unpaired) electrons. The van der Waals surface area contributed by atoms with E-state index < -0.39 is 40.6 Å². The largest absolute Gasteiger partial charge is 0.366 e. The molecule has 1 saturated heterocycles. The van der Waals surface area contributed by atoms with Crippen LogP contribution in [0, 0.1) is 29.1 Å². The van der Waals surface area contributed by atoms with Crippen molar-refractivity contribution in [1.29, 1.82) is 0 Å². The van der Waals surface area contributed by atoms with E-state index in [0.717, 1.165) is 18.2 Å². The third-order valence-electron chi connectivity index (χ3n) is 4.08. The second-order valence-electron chi connectivity index (χ2n) is 5.60. The normalized spacial score (nSPS) is 14.8. The highest BCUT2D eigenvalue weighted by Gasteiger charge is 2.27.